The highest BCUT2D eigenvalue weighted by Crippen LogP contribution is 2.41. The summed E-state index contributed by atoms with van der Waals surface area (Å²) in [4.78, 5) is 0. The van der Waals surface area contributed by atoms with Gasteiger partial charge in [-0.1, -0.05) is 26.2 Å². The van der Waals surface area contributed by atoms with Crippen molar-refractivity contribution in [3.63, 3.8) is 0 Å². The predicted octanol–water partition coefficient (Wildman–Crippen LogP) is 2.07. The van der Waals surface area contributed by atoms with E-state index in [-0.39, 0.29) is 5.60 Å². The normalized spacial score (nSPS) is 44.1. The zero-order chi connectivity index (χ0) is 10.0. The van der Waals surface area contributed by atoms with Crippen molar-refractivity contribution in [2.24, 2.45) is 5.92 Å². The third-order valence-corrected chi connectivity index (χ3v) is 4.24. The molecule has 1 aliphatic heterocycles. The molecule has 14 heavy (non-hydrogen) atoms. The zero-order valence-corrected chi connectivity index (χ0v) is 9.26. The van der Waals surface area contributed by atoms with Crippen molar-refractivity contribution >= 4 is 0 Å². The maximum Gasteiger partial charge on any atom is 0.0827 e. The molecule has 2 heteroatoms. The van der Waals surface area contributed by atoms with Crippen LogP contribution in [0.2, 0.25) is 0 Å². The molecule has 2 N–H and O–H groups in total. The van der Waals surface area contributed by atoms with Gasteiger partial charge in [0.2, 0.25) is 0 Å². The Hall–Kier alpha value is -0.0800. The maximum absolute atomic E-state index is 10.7. The fourth-order valence-corrected chi connectivity index (χ4v) is 3.38. The van der Waals surface area contributed by atoms with Crippen LogP contribution in [0.1, 0.15) is 51.9 Å². The van der Waals surface area contributed by atoms with Crippen molar-refractivity contribution in [2.45, 2.75) is 63.5 Å². The summed E-state index contributed by atoms with van der Waals surface area (Å²) in [7, 11) is 0. The predicted molar refractivity (Wildman–Crippen MR) is 58.2 cm³/mol. The van der Waals surface area contributed by atoms with Crippen LogP contribution in [-0.4, -0.2) is 23.3 Å². The van der Waals surface area contributed by atoms with E-state index in [9.17, 15) is 5.11 Å². The first kappa shape index (κ1) is 10.4. The van der Waals surface area contributed by atoms with Gasteiger partial charge in [-0.3, -0.25) is 0 Å². The van der Waals surface area contributed by atoms with E-state index in [0.717, 1.165) is 19.4 Å². The number of aliphatic hydroxyl groups is 1. The Bertz CT molecular complexity index is 189. The van der Waals surface area contributed by atoms with Crippen LogP contribution in [0.25, 0.3) is 0 Å². The monoisotopic (exact) mass is 197 g/mol. The van der Waals surface area contributed by atoms with Gasteiger partial charge < -0.3 is 10.4 Å². The summed E-state index contributed by atoms with van der Waals surface area (Å²) in [6.45, 7) is 3.31. The van der Waals surface area contributed by atoms with Crippen molar-refractivity contribution in [3.8, 4) is 0 Å². The molecule has 3 atom stereocenters. The molecule has 2 fully saturated rings. The lowest BCUT2D eigenvalue weighted by molar-refractivity contribution is -0.0409. The summed E-state index contributed by atoms with van der Waals surface area (Å²) in [5, 5.41) is 14.2. The molecule has 0 amide bonds. The molecular formula is C12H23NO. The summed E-state index contributed by atoms with van der Waals surface area (Å²) in [6, 6.07) is 0.378. The maximum atomic E-state index is 10.7. The van der Waals surface area contributed by atoms with Crippen molar-refractivity contribution in [2.75, 3.05) is 6.54 Å². The van der Waals surface area contributed by atoms with Crippen molar-refractivity contribution in [1.82, 2.24) is 5.32 Å². The van der Waals surface area contributed by atoms with Crippen molar-refractivity contribution < 1.29 is 5.11 Å². The average Bonchev–Trinajstić information content (AvgIpc) is 2.62. The van der Waals surface area contributed by atoms with E-state index < -0.39 is 0 Å². The van der Waals surface area contributed by atoms with Gasteiger partial charge in [-0.2, -0.15) is 0 Å². The molecule has 1 aliphatic carbocycles. The molecular weight excluding hydrogens is 174 g/mol. The van der Waals surface area contributed by atoms with E-state index in [0.29, 0.717) is 12.0 Å². The standard InChI is InChI=1S/C12H23NO/c1-2-10-6-5-8-12(10,14)11-7-3-4-9-13-11/h10-11,13-14H,2-9H2,1H3. The van der Waals surface area contributed by atoms with E-state index in [1.165, 1.54) is 32.1 Å². The minimum absolute atomic E-state index is 0.378. The first-order chi connectivity index (χ1) is 6.77. The molecule has 1 saturated carbocycles. The van der Waals surface area contributed by atoms with Gasteiger partial charge in [0.1, 0.15) is 0 Å². The summed E-state index contributed by atoms with van der Waals surface area (Å²) < 4.78 is 0. The van der Waals surface area contributed by atoms with Gasteiger partial charge in [0.25, 0.3) is 0 Å². The number of rotatable bonds is 2. The van der Waals surface area contributed by atoms with Crippen LogP contribution in [-0.2, 0) is 0 Å². The highest BCUT2D eigenvalue weighted by Gasteiger charge is 2.46. The minimum Gasteiger partial charge on any atom is -0.388 e. The molecule has 2 rings (SSSR count). The molecule has 2 nitrogen and oxygen atoms in total. The molecule has 1 heterocycles. The van der Waals surface area contributed by atoms with Gasteiger partial charge in [0, 0.05) is 6.04 Å². The number of nitrogens with one attached hydrogen (secondary N) is 1. The Kier molecular flexibility index (Phi) is 3.13. The largest absolute Gasteiger partial charge is 0.388 e. The van der Waals surface area contributed by atoms with Crippen molar-refractivity contribution in [1.29, 1.82) is 0 Å². The van der Waals surface area contributed by atoms with E-state index in [1.54, 1.807) is 0 Å². The SMILES string of the molecule is CCC1CCCC1(O)C1CCCCN1. The average molecular weight is 197 g/mol. The van der Waals surface area contributed by atoms with Gasteiger partial charge >= 0.3 is 0 Å². The van der Waals surface area contributed by atoms with E-state index in [1.807, 2.05) is 0 Å². The van der Waals surface area contributed by atoms with E-state index >= 15 is 0 Å². The molecule has 0 radical (unpaired) electrons. The van der Waals surface area contributed by atoms with Gasteiger partial charge in [0.15, 0.2) is 0 Å². The lowest BCUT2D eigenvalue weighted by atomic mass is 9.79. The summed E-state index contributed by atoms with van der Waals surface area (Å²) in [5.41, 5.74) is -0.380. The van der Waals surface area contributed by atoms with Gasteiger partial charge in [-0.05, 0) is 38.1 Å². The van der Waals surface area contributed by atoms with Crippen LogP contribution in [0.15, 0.2) is 0 Å². The molecule has 1 saturated heterocycles. The second-order valence-corrected chi connectivity index (χ2v) is 4.99. The Morgan fingerprint density at radius 2 is 2.14 bits per heavy atom. The molecule has 2 aliphatic rings. The van der Waals surface area contributed by atoms with Gasteiger partial charge in [-0.15, -0.1) is 0 Å². The lowest BCUT2D eigenvalue weighted by Gasteiger charge is -2.40. The fraction of sp³-hybridized carbons (Fsp3) is 1.00. The fourth-order valence-electron chi connectivity index (χ4n) is 3.38. The number of piperidine rings is 1. The Morgan fingerprint density at radius 3 is 2.79 bits per heavy atom. The van der Waals surface area contributed by atoms with E-state index in [4.69, 9.17) is 0 Å². The van der Waals surface area contributed by atoms with Crippen LogP contribution in [0.4, 0.5) is 0 Å². The number of hydrogen-bond donors (Lipinski definition) is 2. The highest BCUT2D eigenvalue weighted by atomic mass is 16.3. The Balaban J connectivity index is 2.04. The Morgan fingerprint density at radius 1 is 1.29 bits per heavy atom. The van der Waals surface area contributed by atoms with E-state index in [2.05, 4.69) is 12.2 Å². The molecule has 0 bridgehead atoms. The van der Waals surface area contributed by atoms with Crippen LogP contribution < -0.4 is 5.32 Å². The topological polar surface area (TPSA) is 32.3 Å². The highest BCUT2D eigenvalue weighted by molar-refractivity contribution is 5.01. The summed E-state index contributed by atoms with van der Waals surface area (Å²) in [6.07, 6.45) is 8.34. The third-order valence-electron chi connectivity index (χ3n) is 4.24. The summed E-state index contributed by atoms with van der Waals surface area (Å²) in [5.74, 6) is 0.540. The number of hydrogen-bond acceptors (Lipinski definition) is 2. The van der Waals surface area contributed by atoms with Crippen LogP contribution in [0.3, 0.4) is 0 Å². The third kappa shape index (κ3) is 1.70. The molecule has 0 aromatic rings. The molecule has 3 unspecified atom stereocenters. The molecule has 82 valence electrons. The minimum atomic E-state index is -0.380. The molecule has 0 aromatic heterocycles. The van der Waals surface area contributed by atoms with Gasteiger partial charge in [0.05, 0.1) is 5.60 Å². The first-order valence-corrected chi connectivity index (χ1v) is 6.23. The van der Waals surface area contributed by atoms with Crippen LogP contribution in [0, 0.1) is 5.92 Å². The van der Waals surface area contributed by atoms with Crippen LogP contribution >= 0.6 is 0 Å². The quantitative estimate of drug-likeness (QED) is 0.710. The van der Waals surface area contributed by atoms with Gasteiger partial charge in [-0.25, -0.2) is 0 Å². The second kappa shape index (κ2) is 4.19. The van der Waals surface area contributed by atoms with Crippen molar-refractivity contribution in [3.05, 3.63) is 0 Å². The molecule has 0 aromatic carbocycles. The zero-order valence-electron chi connectivity index (χ0n) is 9.26. The summed E-state index contributed by atoms with van der Waals surface area (Å²) >= 11 is 0. The Labute approximate surface area is 87.1 Å². The first-order valence-electron chi connectivity index (χ1n) is 6.23. The molecule has 0 spiro atoms. The second-order valence-electron chi connectivity index (χ2n) is 4.99. The lowest BCUT2D eigenvalue weighted by Crippen LogP contribution is -2.54. The van der Waals surface area contributed by atoms with Crippen LogP contribution in [0.5, 0.6) is 0 Å². The smallest absolute Gasteiger partial charge is 0.0827 e.